The van der Waals surface area contributed by atoms with Crippen molar-refractivity contribution in [1.29, 1.82) is 0 Å². The van der Waals surface area contributed by atoms with Gasteiger partial charge in [-0.05, 0) is 39.5 Å². The Morgan fingerprint density at radius 2 is 2.10 bits per heavy atom. The SMILES string of the molecule is CCNC(=NCC1CCCO1)N1CCC(OCC)CC1. The molecule has 2 fully saturated rings. The zero-order valence-electron chi connectivity index (χ0n) is 12.9. The Hall–Kier alpha value is -0.810. The zero-order valence-corrected chi connectivity index (χ0v) is 12.9. The largest absolute Gasteiger partial charge is 0.378 e. The number of ether oxygens (including phenoxy) is 2. The van der Waals surface area contributed by atoms with Crippen molar-refractivity contribution < 1.29 is 9.47 Å². The molecule has 1 unspecified atom stereocenters. The minimum absolute atomic E-state index is 0.324. The Labute approximate surface area is 122 Å². The summed E-state index contributed by atoms with van der Waals surface area (Å²) >= 11 is 0. The zero-order chi connectivity index (χ0) is 14.2. The predicted octanol–water partition coefficient (Wildman–Crippen LogP) is 1.63. The van der Waals surface area contributed by atoms with Crippen LogP contribution in [0.2, 0.25) is 0 Å². The number of hydrogen-bond acceptors (Lipinski definition) is 3. The van der Waals surface area contributed by atoms with Crippen molar-refractivity contribution in [2.45, 2.75) is 51.7 Å². The minimum atomic E-state index is 0.324. The highest BCUT2D eigenvalue weighted by Gasteiger charge is 2.22. The Bertz CT molecular complexity index is 295. The third kappa shape index (κ3) is 4.63. The van der Waals surface area contributed by atoms with Crippen LogP contribution in [0.15, 0.2) is 4.99 Å². The molecule has 1 atom stereocenters. The van der Waals surface area contributed by atoms with E-state index in [-0.39, 0.29) is 0 Å². The van der Waals surface area contributed by atoms with Crippen molar-refractivity contribution in [2.24, 2.45) is 4.99 Å². The molecule has 0 amide bonds. The molecule has 116 valence electrons. The molecule has 1 N–H and O–H groups in total. The van der Waals surface area contributed by atoms with Crippen LogP contribution in [-0.2, 0) is 9.47 Å². The second-order valence-electron chi connectivity index (χ2n) is 5.47. The highest BCUT2D eigenvalue weighted by atomic mass is 16.5. The lowest BCUT2D eigenvalue weighted by Gasteiger charge is -2.34. The third-order valence-corrected chi connectivity index (χ3v) is 3.95. The average Bonchev–Trinajstić information content (AvgIpc) is 2.98. The van der Waals surface area contributed by atoms with Crippen LogP contribution in [-0.4, -0.2) is 62.5 Å². The van der Waals surface area contributed by atoms with Crippen LogP contribution in [0.25, 0.3) is 0 Å². The lowest BCUT2D eigenvalue weighted by molar-refractivity contribution is 0.0263. The number of piperidine rings is 1. The number of nitrogens with one attached hydrogen (secondary N) is 1. The van der Waals surface area contributed by atoms with Gasteiger partial charge in [-0.15, -0.1) is 0 Å². The fraction of sp³-hybridized carbons (Fsp3) is 0.933. The predicted molar refractivity (Wildman–Crippen MR) is 81.2 cm³/mol. The lowest BCUT2D eigenvalue weighted by atomic mass is 10.1. The summed E-state index contributed by atoms with van der Waals surface area (Å²) in [4.78, 5) is 7.11. The molecule has 0 aliphatic carbocycles. The molecule has 2 heterocycles. The summed E-state index contributed by atoms with van der Waals surface area (Å²) in [6.07, 6.45) is 5.27. The summed E-state index contributed by atoms with van der Waals surface area (Å²) in [6, 6.07) is 0. The van der Waals surface area contributed by atoms with E-state index < -0.39 is 0 Å². The van der Waals surface area contributed by atoms with Crippen molar-refractivity contribution in [2.75, 3.05) is 39.4 Å². The highest BCUT2D eigenvalue weighted by Crippen LogP contribution is 2.15. The smallest absolute Gasteiger partial charge is 0.194 e. The van der Waals surface area contributed by atoms with E-state index in [2.05, 4.69) is 24.1 Å². The topological polar surface area (TPSA) is 46.1 Å². The second kappa shape index (κ2) is 8.47. The van der Waals surface area contributed by atoms with Crippen molar-refractivity contribution in [3.63, 3.8) is 0 Å². The van der Waals surface area contributed by atoms with E-state index in [1.54, 1.807) is 0 Å². The van der Waals surface area contributed by atoms with Crippen molar-refractivity contribution >= 4 is 5.96 Å². The van der Waals surface area contributed by atoms with Gasteiger partial charge in [0.05, 0.1) is 18.8 Å². The van der Waals surface area contributed by atoms with E-state index in [4.69, 9.17) is 14.5 Å². The molecule has 0 aromatic rings. The average molecular weight is 283 g/mol. The number of aliphatic imine (C=N–C) groups is 1. The quantitative estimate of drug-likeness (QED) is 0.615. The standard InChI is InChI=1S/C15H29N3O2/c1-3-16-15(17-12-14-6-5-11-20-14)18-9-7-13(8-10-18)19-4-2/h13-14H,3-12H2,1-2H3,(H,16,17). The number of nitrogens with zero attached hydrogens (tertiary/aromatic N) is 2. The Balaban J connectivity index is 1.83. The van der Waals surface area contributed by atoms with Gasteiger partial charge < -0.3 is 19.7 Å². The molecule has 0 bridgehead atoms. The van der Waals surface area contributed by atoms with E-state index >= 15 is 0 Å². The maximum absolute atomic E-state index is 5.71. The van der Waals surface area contributed by atoms with Gasteiger partial charge in [0, 0.05) is 32.8 Å². The van der Waals surface area contributed by atoms with Crippen LogP contribution in [0.3, 0.4) is 0 Å². The highest BCUT2D eigenvalue weighted by molar-refractivity contribution is 5.80. The van der Waals surface area contributed by atoms with Gasteiger partial charge >= 0.3 is 0 Å². The molecule has 20 heavy (non-hydrogen) atoms. The summed E-state index contributed by atoms with van der Waals surface area (Å²) in [5.41, 5.74) is 0. The van der Waals surface area contributed by atoms with Gasteiger partial charge in [-0.2, -0.15) is 0 Å². The molecule has 0 spiro atoms. The Kier molecular flexibility index (Phi) is 6.60. The minimum Gasteiger partial charge on any atom is -0.378 e. The Morgan fingerprint density at radius 3 is 2.70 bits per heavy atom. The van der Waals surface area contributed by atoms with Crippen LogP contribution in [0.1, 0.15) is 39.5 Å². The molecule has 5 heteroatoms. The summed E-state index contributed by atoms with van der Waals surface area (Å²) in [7, 11) is 0. The van der Waals surface area contributed by atoms with Gasteiger partial charge in [0.15, 0.2) is 5.96 Å². The number of guanidine groups is 1. The normalized spacial score (nSPS) is 25.2. The number of hydrogen-bond donors (Lipinski definition) is 1. The van der Waals surface area contributed by atoms with Crippen molar-refractivity contribution in [3.05, 3.63) is 0 Å². The third-order valence-electron chi connectivity index (χ3n) is 3.95. The Morgan fingerprint density at radius 1 is 1.30 bits per heavy atom. The van der Waals surface area contributed by atoms with E-state index in [1.807, 2.05) is 0 Å². The van der Waals surface area contributed by atoms with E-state index in [1.165, 1.54) is 6.42 Å². The summed E-state index contributed by atoms with van der Waals surface area (Å²) in [5.74, 6) is 1.04. The first-order valence-electron chi connectivity index (χ1n) is 8.10. The molecule has 0 radical (unpaired) electrons. The van der Waals surface area contributed by atoms with Gasteiger partial charge in [-0.25, -0.2) is 0 Å². The van der Waals surface area contributed by atoms with Gasteiger partial charge in [0.2, 0.25) is 0 Å². The maximum atomic E-state index is 5.71. The molecule has 0 aromatic carbocycles. The van der Waals surface area contributed by atoms with E-state index in [0.717, 1.165) is 64.6 Å². The molecule has 2 saturated heterocycles. The van der Waals surface area contributed by atoms with Gasteiger partial charge in [-0.1, -0.05) is 0 Å². The van der Waals surface area contributed by atoms with Gasteiger partial charge in [0.25, 0.3) is 0 Å². The summed E-state index contributed by atoms with van der Waals surface area (Å²) in [5, 5.41) is 3.40. The summed E-state index contributed by atoms with van der Waals surface area (Å²) in [6.45, 7) is 9.66. The van der Waals surface area contributed by atoms with Crippen LogP contribution < -0.4 is 5.32 Å². The van der Waals surface area contributed by atoms with Crippen LogP contribution in [0.5, 0.6) is 0 Å². The number of likely N-dealkylation sites (tertiary alicyclic amines) is 1. The van der Waals surface area contributed by atoms with Crippen LogP contribution >= 0.6 is 0 Å². The van der Waals surface area contributed by atoms with Crippen molar-refractivity contribution in [1.82, 2.24) is 10.2 Å². The van der Waals surface area contributed by atoms with Gasteiger partial charge in [-0.3, -0.25) is 4.99 Å². The number of rotatable bonds is 5. The fourth-order valence-electron chi connectivity index (χ4n) is 2.87. The fourth-order valence-corrected chi connectivity index (χ4v) is 2.87. The summed E-state index contributed by atoms with van der Waals surface area (Å²) < 4.78 is 11.3. The van der Waals surface area contributed by atoms with E-state index in [9.17, 15) is 0 Å². The second-order valence-corrected chi connectivity index (χ2v) is 5.47. The van der Waals surface area contributed by atoms with Crippen LogP contribution in [0, 0.1) is 0 Å². The molecule has 0 saturated carbocycles. The van der Waals surface area contributed by atoms with E-state index in [0.29, 0.717) is 12.2 Å². The molecular formula is C15H29N3O2. The molecular weight excluding hydrogens is 254 g/mol. The molecule has 2 aliphatic rings. The van der Waals surface area contributed by atoms with Gasteiger partial charge in [0.1, 0.15) is 0 Å². The maximum Gasteiger partial charge on any atom is 0.194 e. The van der Waals surface area contributed by atoms with Crippen LogP contribution in [0.4, 0.5) is 0 Å². The van der Waals surface area contributed by atoms with Crippen molar-refractivity contribution in [3.8, 4) is 0 Å². The monoisotopic (exact) mass is 283 g/mol. The first-order valence-corrected chi connectivity index (χ1v) is 8.10. The lowest BCUT2D eigenvalue weighted by Crippen LogP contribution is -2.47. The molecule has 0 aromatic heterocycles. The molecule has 2 rings (SSSR count). The molecule has 2 aliphatic heterocycles. The first-order chi connectivity index (χ1) is 9.83. The molecule has 5 nitrogen and oxygen atoms in total. The first kappa shape index (κ1) is 15.6.